The SMILES string of the molecule is NC(=O)CNC(=O)c1ccc(CNC(=O)c2ccccc2C(=O)c2ccccc2)cc1. The molecule has 0 saturated heterocycles. The standard InChI is InChI=1S/C24H21N3O4/c25-21(28)15-27-23(30)18-12-10-16(11-13-18)14-26-24(31)20-9-5-4-8-19(20)22(29)17-6-2-1-3-7-17/h1-13H,14-15H2,(H2,25,28)(H,26,31)(H,27,30). The van der Waals surface area contributed by atoms with Gasteiger partial charge in [0.25, 0.3) is 11.8 Å². The summed E-state index contributed by atoms with van der Waals surface area (Å²) in [7, 11) is 0. The van der Waals surface area contributed by atoms with Crippen molar-refractivity contribution >= 4 is 23.5 Å². The van der Waals surface area contributed by atoms with E-state index in [1.54, 1.807) is 72.8 Å². The molecule has 7 nitrogen and oxygen atoms in total. The molecule has 0 aliphatic rings. The summed E-state index contributed by atoms with van der Waals surface area (Å²) in [5.74, 6) is -1.64. The number of benzene rings is 3. The molecule has 0 aliphatic heterocycles. The van der Waals surface area contributed by atoms with E-state index in [4.69, 9.17) is 5.73 Å². The summed E-state index contributed by atoms with van der Waals surface area (Å²) in [6.45, 7) is -0.0202. The van der Waals surface area contributed by atoms with Gasteiger partial charge in [-0.2, -0.15) is 0 Å². The number of nitrogens with one attached hydrogen (secondary N) is 2. The zero-order chi connectivity index (χ0) is 22.2. The molecule has 0 bridgehead atoms. The average Bonchev–Trinajstić information content (AvgIpc) is 2.81. The van der Waals surface area contributed by atoms with Crippen LogP contribution in [-0.4, -0.2) is 30.0 Å². The number of carbonyl (C=O) groups is 4. The second-order valence-corrected chi connectivity index (χ2v) is 6.77. The minimum absolute atomic E-state index is 0.218. The van der Waals surface area contributed by atoms with Crippen LogP contribution in [0.3, 0.4) is 0 Å². The molecule has 0 saturated carbocycles. The maximum absolute atomic E-state index is 12.8. The Labute approximate surface area is 179 Å². The number of amides is 3. The molecule has 156 valence electrons. The van der Waals surface area contributed by atoms with Crippen LogP contribution < -0.4 is 16.4 Å². The smallest absolute Gasteiger partial charge is 0.252 e. The van der Waals surface area contributed by atoms with Gasteiger partial charge >= 0.3 is 0 Å². The molecule has 0 radical (unpaired) electrons. The van der Waals surface area contributed by atoms with E-state index in [9.17, 15) is 19.2 Å². The van der Waals surface area contributed by atoms with Crippen molar-refractivity contribution in [1.82, 2.24) is 10.6 Å². The number of primary amides is 1. The Bertz CT molecular complexity index is 1110. The normalized spacial score (nSPS) is 10.2. The first kappa shape index (κ1) is 21.4. The molecule has 3 aromatic carbocycles. The number of nitrogens with two attached hydrogens (primary N) is 1. The van der Waals surface area contributed by atoms with Crippen molar-refractivity contribution in [2.24, 2.45) is 5.73 Å². The third-order valence-electron chi connectivity index (χ3n) is 4.54. The van der Waals surface area contributed by atoms with Gasteiger partial charge in [0.15, 0.2) is 5.78 Å². The van der Waals surface area contributed by atoms with Crippen molar-refractivity contribution in [3.05, 3.63) is 107 Å². The van der Waals surface area contributed by atoms with E-state index in [1.807, 2.05) is 6.07 Å². The number of hydrogen-bond acceptors (Lipinski definition) is 4. The van der Waals surface area contributed by atoms with E-state index in [1.165, 1.54) is 0 Å². The zero-order valence-corrected chi connectivity index (χ0v) is 16.6. The molecular formula is C24H21N3O4. The lowest BCUT2D eigenvalue weighted by Gasteiger charge is -2.10. The van der Waals surface area contributed by atoms with Crippen molar-refractivity contribution in [2.75, 3.05) is 6.54 Å². The summed E-state index contributed by atoms with van der Waals surface area (Å²) in [6, 6.07) is 22.0. The minimum atomic E-state index is -0.626. The van der Waals surface area contributed by atoms with Gasteiger partial charge in [0.05, 0.1) is 12.1 Å². The van der Waals surface area contributed by atoms with Gasteiger partial charge in [0.2, 0.25) is 5.91 Å². The monoisotopic (exact) mass is 415 g/mol. The predicted octanol–water partition coefficient (Wildman–Crippen LogP) is 2.06. The number of carbonyl (C=O) groups excluding carboxylic acids is 4. The first-order valence-electron chi connectivity index (χ1n) is 9.58. The molecule has 0 aliphatic carbocycles. The van der Waals surface area contributed by atoms with Crippen LogP contribution in [0.1, 0.15) is 42.2 Å². The lowest BCUT2D eigenvalue weighted by molar-refractivity contribution is -0.117. The third kappa shape index (κ3) is 5.63. The fourth-order valence-corrected chi connectivity index (χ4v) is 2.95. The largest absolute Gasteiger partial charge is 0.368 e. The Hall–Kier alpha value is -4.26. The van der Waals surface area contributed by atoms with Gasteiger partial charge in [-0.15, -0.1) is 0 Å². The van der Waals surface area contributed by atoms with Gasteiger partial charge in [0.1, 0.15) is 0 Å². The van der Waals surface area contributed by atoms with Crippen LogP contribution >= 0.6 is 0 Å². The maximum atomic E-state index is 12.8. The Morgan fingerprint density at radius 1 is 0.645 bits per heavy atom. The van der Waals surface area contributed by atoms with Crippen LogP contribution in [0, 0.1) is 0 Å². The van der Waals surface area contributed by atoms with E-state index in [0.717, 1.165) is 5.56 Å². The van der Waals surface area contributed by atoms with E-state index in [2.05, 4.69) is 10.6 Å². The Morgan fingerprint density at radius 3 is 1.90 bits per heavy atom. The third-order valence-corrected chi connectivity index (χ3v) is 4.54. The first-order valence-corrected chi connectivity index (χ1v) is 9.58. The van der Waals surface area contributed by atoms with Crippen LogP contribution in [0.15, 0.2) is 78.9 Å². The first-order chi connectivity index (χ1) is 15.0. The molecule has 0 fully saturated rings. The summed E-state index contributed by atoms with van der Waals surface area (Å²) in [5, 5.41) is 5.20. The van der Waals surface area contributed by atoms with Gasteiger partial charge in [-0.3, -0.25) is 19.2 Å². The van der Waals surface area contributed by atoms with Crippen LogP contribution in [-0.2, 0) is 11.3 Å². The molecule has 31 heavy (non-hydrogen) atoms. The Balaban J connectivity index is 1.66. The number of rotatable bonds is 8. The molecule has 0 unspecified atom stereocenters. The van der Waals surface area contributed by atoms with E-state index in [0.29, 0.717) is 22.3 Å². The van der Waals surface area contributed by atoms with Gasteiger partial charge in [-0.1, -0.05) is 60.7 Å². The Morgan fingerprint density at radius 2 is 1.26 bits per heavy atom. The summed E-state index contributed by atoms with van der Waals surface area (Å²) in [5.41, 5.74) is 7.27. The van der Waals surface area contributed by atoms with Crippen LogP contribution in [0.2, 0.25) is 0 Å². The van der Waals surface area contributed by atoms with E-state index >= 15 is 0 Å². The summed E-state index contributed by atoms with van der Waals surface area (Å²) in [6.07, 6.45) is 0. The zero-order valence-electron chi connectivity index (χ0n) is 16.6. The summed E-state index contributed by atoms with van der Waals surface area (Å²) in [4.78, 5) is 48.2. The van der Waals surface area contributed by atoms with Crippen LogP contribution in [0.25, 0.3) is 0 Å². The molecule has 0 heterocycles. The van der Waals surface area contributed by atoms with Crippen molar-refractivity contribution in [1.29, 1.82) is 0 Å². The van der Waals surface area contributed by atoms with Gasteiger partial charge in [-0.25, -0.2) is 0 Å². The highest BCUT2D eigenvalue weighted by Gasteiger charge is 2.17. The fourth-order valence-electron chi connectivity index (χ4n) is 2.95. The molecule has 0 spiro atoms. The number of ketones is 1. The minimum Gasteiger partial charge on any atom is -0.368 e. The lowest BCUT2D eigenvalue weighted by Crippen LogP contribution is -2.33. The molecule has 3 aromatic rings. The average molecular weight is 415 g/mol. The van der Waals surface area contributed by atoms with Gasteiger partial charge in [-0.05, 0) is 23.8 Å². The van der Waals surface area contributed by atoms with Gasteiger partial charge < -0.3 is 16.4 Å². The van der Waals surface area contributed by atoms with Crippen LogP contribution in [0.4, 0.5) is 0 Å². The quantitative estimate of drug-likeness (QED) is 0.488. The van der Waals surface area contributed by atoms with Crippen LogP contribution in [0.5, 0.6) is 0 Å². The summed E-state index contributed by atoms with van der Waals surface area (Å²) >= 11 is 0. The summed E-state index contributed by atoms with van der Waals surface area (Å²) < 4.78 is 0. The molecule has 3 amide bonds. The van der Waals surface area contributed by atoms with Crippen molar-refractivity contribution in [3.63, 3.8) is 0 Å². The van der Waals surface area contributed by atoms with Gasteiger partial charge in [0, 0.05) is 23.2 Å². The Kier molecular flexibility index (Phi) is 6.90. The van der Waals surface area contributed by atoms with E-state index < -0.39 is 11.8 Å². The van der Waals surface area contributed by atoms with Crippen molar-refractivity contribution in [3.8, 4) is 0 Å². The molecule has 0 aromatic heterocycles. The van der Waals surface area contributed by atoms with Crippen molar-refractivity contribution < 1.29 is 19.2 Å². The van der Waals surface area contributed by atoms with Crippen molar-refractivity contribution in [2.45, 2.75) is 6.54 Å². The molecule has 7 heteroatoms. The molecule has 3 rings (SSSR count). The molecular weight excluding hydrogens is 394 g/mol. The highest BCUT2D eigenvalue weighted by atomic mass is 16.2. The highest BCUT2D eigenvalue weighted by molar-refractivity contribution is 6.15. The fraction of sp³-hybridized carbons (Fsp3) is 0.0833. The topological polar surface area (TPSA) is 118 Å². The maximum Gasteiger partial charge on any atom is 0.252 e. The second kappa shape index (κ2) is 9.98. The second-order valence-electron chi connectivity index (χ2n) is 6.77. The highest BCUT2D eigenvalue weighted by Crippen LogP contribution is 2.15. The predicted molar refractivity (Wildman–Crippen MR) is 115 cm³/mol. The number of hydrogen-bond donors (Lipinski definition) is 3. The van der Waals surface area contributed by atoms with E-state index in [-0.39, 0.29) is 24.8 Å². The molecule has 0 atom stereocenters. The molecule has 4 N–H and O–H groups in total. The lowest BCUT2D eigenvalue weighted by atomic mass is 9.98.